The summed E-state index contributed by atoms with van der Waals surface area (Å²) < 4.78 is 5.26. The number of ether oxygens (including phenoxy) is 1. The van der Waals surface area contributed by atoms with E-state index in [-0.39, 0.29) is 12.2 Å². The number of rotatable bonds is 7. The van der Waals surface area contributed by atoms with Crippen LogP contribution in [0.25, 0.3) is 0 Å². The molecule has 0 atom stereocenters. The average molecular weight is 275 g/mol. The van der Waals surface area contributed by atoms with Crippen molar-refractivity contribution in [2.75, 3.05) is 13.2 Å². The summed E-state index contributed by atoms with van der Waals surface area (Å²) in [4.78, 5) is 11.7. The lowest BCUT2D eigenvalue weighted by molar-refractivity contribution is -0.119. The van der Waals surface area contributed by atoms with Gasteiger partial charge in [-0.25, -0.2) is 0 Å². The standard InChI is InChI=1S/C13H16Cl2O2/c1-2-7-17-8-6-10(16)9-11-12(14)4-3-5-13(11)15/h3-5H,2,6-9H2,1H3. The SMILES string of the molecule is CCCOCCC(=O)Cc1c(Cl)cccc1Cl. The van der Waals surface area contributed by atoms with Crippen molar-refractivity contribution in [2.45, 2.75) is 26.2 Å². The zero-order valence-electron chi connectivity index (χ0n) is 9.84. The van der Waals surface area contributed by atoms with E-state index in [1.54, 1.807) is 18.2 Å². The van der Waals surface area contributed by atoms with E-state index in [0.717, 1.165) is 6.42 Å². The molecule has 0 aromatic heterocycles. The van der Waals surface area contributed by atoms with E-state index in [4.69, 9.17) is 27.9 Å². The fourth-order valence-electron chi connectivity index (χ4n) is 1.42. The molecule has 2 nitrogen and oxygen atoms in total. The van der Waals surface area contributed by atoms with Crippen molar-refractivity contribution < 1.29 is 9.53 Å². The first-order valence-corrected chi connectivity index (χ1v) is 6.43. The molecule has 0 N–H and O–H groups in total. The minimum absolute atomic E-state index is 0.0936. The van der Waals surface area contributed by atoms with Gasteiger partial charge in [0.2, 0.25) is 0 Å². The molecule has 0 saturated heterocycles. The minimum Gasteiger partial charge on any atom is -0.381 e. The van der Waals surface area contributed by atoms with E-state index in [0.29, 0.717) is 35.2 Å². The number of carbonyl (C=O) groups is 1. The molecule has 0 fully saturated rings. The molecule has 0 aliphatic rings. The van der Waals surface area contributed by atoms with Crippen LogP contribution in [-0.4, -0.2) is 19.0 Å². The molecule has 94 valence electrons. The Morgan fingerprint density at radius 1 is 1.24 bits per heavy atom. The lowest BCUT2D eigenvalue weighted by Gasteiger charge is -2.06. The molecule has 0 radical (unpaired) electrons. The molecule has 0 heterocycles. The van der Waals surface area contributed by atoms with Crippen LogP contribution in [0.2, 0.25) is 10.0 Å². The predicted octanol–water partition coefficient (Wildman–Crippen LogP) is 3.92. The normalized spacial score (nSPS) is 10.5. The summed E-state index contributed by atoms with van der Waals surface area (Å²) >= 11 is 12.0. The molecule has 1 aromatic rings. The molecular weight excluding hydrogens is 259 g/mol. The van der Waals surface area contributed by atoms with Gasteiger partial charge in [-0.3, -0.25) is 4.79 Å². The maximum absolute atomic E-state index is 11.7. The fraction of sp³-hybridized carbons (Fsp3) is 0.462. The number of ketones is 1. The molecule has 4 heteroatoms. The van der Waals surface area contributed by atoms with Gasteiger partial charge in [0.25, 0.3) is 0 Å². The van der Waals surface area contributed by atoms with Crippen LogP contribution in [0.15, 0.2) is 18.2 Å². The number of hydrogen-bond acceptors (Lipinski definition) is 2. The number of halogens is 2. The summed E-state index contributed by atoms with van der Waals surface area (Å²) in [5.41, 5.74) is 0.705. The second-order valence-corrected chi connectivity index (χ2v) is 4.59. The lowest BCUT2D eigenvalue weighted by Crippen LogP contribution is -2.08. The first-order chi connectivity index (χ1) is 8.15. The molecule has 1 rings (SSSR count). The Balaban J connectivity index is 2.45. The highest BCUT2D eigenvalue weighted by Crippen LogP contribution is 2.25. The Hall–Kier alpha value is -0.570. The quantitative estimate of drug-likeness (QED) is 0.705. The molecule has 0 aliphatic heterocycles. The maximum Gasteiger partial charge on any atom is 0.139 e. The highest BCUT2D eigenvalue weighted by molar-refractivity contribution is 6.36. The zero-order chi connectivity index (χ0) is 12.7. The monoisotopic (exact) mass is 274 g/mol. The Morgan fingerprint density at radius 2 is 1.88 bits per heavy atom. The van der Waals surface area contributed by atoms with Gasteiger partial charge >= 0.3 is 0 Å². The van der Waals surface area contributed by atoms with E-state index >= 15 is 0 Å². The van der Waals surface area contributed by atoms with Gasteiger partial charge in [0.05, 0.1) is 6.61 Å². The van der Waals surface area contributed by atoms with Crippen LogP contribution in [0.5, 0.6) is 0 Å². The molecular formula is C13H16Cl2O2. The van der Waals surface area contributed by atoms with Gasteiger partial charge in [-0.2, -0.15) is 0 Å². The summed E-state index contributed by atoms with van der Waals surface area (Å²) in [6.07, 6.45) is 1.64. The number of carbonyl (C=O) groups excluding carboxylic acids is 1. The van der Waals surface area contributed by atoms with E-state index in [2.05, 4.69) is 0 Å². The van der Waals surface area contributed by atoms with Gasteiger partial charge in [-0.1, -0.05) is 36.2 Å². The van der Waals surface area contributed by atoms with E-state index in [1.165, 1.54) is 0 Å². The third-order valence-electron chi connectivity index (χ3n) is 2.31. The molecule has 1 aromatic carbocycles. The van der Waals surface area contributed by atoms with E-state index in [9.17, 15) is 4.79 Å². The van der Waals surface area contributed by atoms with Gasteiger partial charge in [-0.05, 0) is 24.1 Å². The Morgan fingerprint density at radius 3 is 2.47 bits per heavy atom. The molecule has 17 heavy (non-hydrogen) atoms. The van der Waals surface area contributed by atoms with E-state index < -0.39 is 0 Å². The molecule has 0 spiro atoms. The average Bonchev–Trinajstić information content (AvgIpc) is 2.30. The van der Waals surface area contributed by atoms with Crippen LogP contribution >= 0.6 is 23.2 Å². The van der Waals surface area contributed by atoms with Gasteiger partial charge < -0.3 is 4.74 Å². The first-order valence-electron chi connectivity index (χ1n) is 5.67. The second-order valence-electron chi connectivity index (χ2n) is 3.78. The van der Waals surface area contributed by atoms with Crippen LogP contribution in [0.1, 0.15) is 25.3 Å². The smallest absolute Gasteiger partial charge is 0.139 e. The molecule has 0 aliphatic carbocycles. The van der Waals surface area contributed by atoms with Crippen molar-refractivity contribution >= 4 is 29.0 Å². The summed E-state index contributed by atoms with van der Waals surface area (Å²) in [7, 11) is 0. The van der Waals surface area contributed by atoms with Crippen LogP contribution in [0.4, 0.5) is 0 Å². The molecule has 0 bridgehead atoms. The van der Waals surface area contributed by atoms with Crippen LogP contribution in [-0.2, 0) is 16.0 Å². The summed E-state index contributed by atoms with van der Waals surface area (Å²) in [5.74, 6) is 0.0936. The minimum atomic E-state index is 0.0936. The Bertz CT molecular complexity index is 357. The number of hydrogen-bond donors (Lipinski definition) is 0. The van der Waals surface area contributed by atoms with Crippen molar-refractivity contribution in [1.29, 1.82) is 0 Å². The first kappa shape index (κ1) is 14.5. The van der Waals surface area contributed by atoms with Crippen LogP contribution in [0, 0.1) is 0 Å². The highest BCUT2D eigenvalue weighted by atomic mass is 35.5. The van der Waals surface area contributed by atoms with Gasteiger partial charge in [-0.15, -0.1) is 0 Å². The highest BCUT2D eigenvalue weighted by Gasteiger charge is 2.10. The largest absolute Gasteiger partial charge is 0.381 e. The van der Waals surface area contributed by atoms with Gasteiger partial charge in [0.1, 0.15) is 5.78 Å². The van der Waals surface area contributed by atoms with Crippen molar-refractivity contribution in [3.63, 3.8) is 0 Å². The predicted molar refractivity (Wildman–Crippen MR) is 70.9 cm³/mol. The number of Topliss-reactive ketones (excluding diaryl/α,β-unsaturated/α-hetero) is 1. The fourth-order valence-corrected chi connectivity index (χ4v) is 1.95. The van der Waals surface area contributed by atoms with E-state index in [1.807, 2.05) is 6.92 Å². The summed E-state index contributed by atoms with van der Waals surface area (Å²) in [5, 5.41) is 1.08. The van der Waals surface area contributed by atoms with Crippen molar-refractivity contribution in [2.24, 2.45) is 0 Å². The lowest BCUT2D eigenvalue weighted by atomic mass is 10.1. The van der Waals surface area contributed by atoms with Crippen molar-refractivity contribution in [3.05, 3.63) is 33.8 Å². The van der Waals surface area contributed by atoms with Crippen LogP contribution < -0.4 is 0 Å². The Labute approximate surface area is 112 Å². The van der Waals surface area contributed by atoms with Gasteiger partial charge in [0, 0.05) is 29.5 Å². The van der Waals surface area contributed by atoms with Gasteiger partial charge in [0.15, 0.2) is 0 Å². The number of benzene rings is 1. The molecule has 0 unspecified atom stereocenters. The third-order valence-corrected chi connectivity index (χ3v) is 3.02. The van der Waals surface area contributed by atoms with Crippen LogP contribution in [0.3, 0.4) is 0 Å². The molecule has 0 amide bonds. The maximum atomic E-state index is 11.7. The summed E-state index contributed by atoms with van der Waals surface area (Å²) in [6, 6.07) is 5.25. The second kappa shape index (κ2) is 7.70. The third kappa shape index (κ3) is 5.07. The zero-order valence-corrected chi connectivity index (χ0v) is 11.4. The topological polar surface area (TPSA) is 26.3 Å². The Kier molecular flexibility index (Phi) is 6.56. The molecule has 0 saturated carbocycles. The van der Waals surface area contributed by atoms with Crippen molar-refractivity contribution in [1.82, 2.24) is 0 Å². The van der Waals surface area contributed by atoms with Crippen molar-refractivity contribution in [3.8, 4) is 0 Å². The summed E-state index contributed by atoms with van der Waals surface area (Å²) in [6.45, 7) is 3.19.